The van der Waals surface area contributed by atoms with Gasteiger partial charge in [-0.15, -0.1) is 0 Å². The molecule has 2 aliphatic heterocycles. The van der Waals surface area contributed by atoms with E-state index in [9.17, 15) is 9.90 Å². The third-order valence-electron chi connectivity index (χ3n) is 5.94. The van der Waals surface area contributed by atoms with E-state index >= 15 is 0 Å². The van der Waals surface area contributed by atoms with Gasteiger partial charge in [-0.2, -0.15) is 0 Å². The molecule has 0 bridgehead atoms. The van der Waals surface area contributed by atoms with Crippen molar-refractivity contribution >= 4 is 0 Å². The molecule has 29 heavy (non-hydrogen) atoms. The molecule has 0 aliphatic carbocycles. The van der Waals surface area contributed by atoms with Crippen LogP contribution in [0.4, 0.5) is 0 Å². The maximum absolute atomic E-state index is 12.4. The molecule has 0 saturated carbocycles. The zero-order valence-corrected chi connectivity index (χ0v) is 16.9. The first-order valence-electron chi connectivity index (χ1n) is 10.6. The fourth-order valence-electron chi connectivity index (χ4n) is 4.27. The molecule has 2 aliphatic rings. The summed E-state index contributed by atoms with van der Waals surface area (Å²) in [6.45, 7) is 5.04. The predicted octanol–water partition coefficient (Wildman–Crippen LogP) is 3.29. The normalized spacial score (nSPS) is 21.7. The summed E-state index contributed by atoms with van der Waals surface area (Å²) >= 11 is 0. The number of hydrogen-bond donors (Lipinski definition) is 1. The molecule has 3 heterocycles. The Kier molecular flexibility index (Phi) is 6.64. The Morgan fingerprint density at radius 1 is 0.966 bits per heavy atom. The molecule has 0 radical (unpaired) electrons. The average Bonchev–Trinajstić information content (AvgIpc) is 3.03. The van der Waals surface area contributed by atoms with Crippen LogP contribution in [0, 0.1) is 0 Å². The van der Waals surface area contributed by atoms with E-state index in [1.165, 1.54) is 31.9 Å². The van der Waals surface area contributed by atoms with Crippen molar-refractivity contribution < 1.29 is 14.3 Å². The van der Waals surface area contributed by atoms with Gasteiger partial charge in [0.25, 0.3) is 0 Å². The molecular formula is C23H30N2O4. The molecule has 1 N–H and O–H groups in total. The molecule has 0 spiro atoms. The van der Waals surface area contributed by atoms with Gasteiger partial charge in [0.1, 0.15) is 12.0 Å². The van der Waals surface area contributed by atoms with Crippen LogP contribution in [0.1, 0.15) is 48.5 Å². The highest BCUT2D eigenvalue weighted by molar-refractivity contribution is 5.36. The summed E-state index contributed by atoms with van der Waals surface area (Å²) in [5.41, 5.74) is 1.73. The standard InChI is InChI=1S/C23H30N2O4/c26-22-19(14-24-10-6-1-2-7-11-24)17-29-23(27)20(22)15-25-12-13-28-21(16-25)18-8-4-3-5-9-18/h3-5,8-9,17,21,26H,1-2,6-7,10-16H2/t21-/m1/s1. The first kappa shape index (κ1) is 20.1. The number of benzene rings is 1. The minimum atomic E-state index is -0.454. The van der Waals surface area contributed by atoms with E-state index in [1.807, 2.05) is 18.2 Å². The second-order valence-corrected chi connectivity index (χ2v) is 8.07. The summed E-state index contributed by atoms with van der Waals surface area (Å²) in [7, 11) is 0. The fourth-order valence-corrected chi connectivity index (χ4v) is 4.27. The zero-order chi connectivity index (χ0) is 20.1. The van der Waals surface area contributed by atoms with Gasteiger partial charge in [-0.3, -0.25) is 9.80 Å². The lowest BCUT2D eigenvalue weighted by Crippen LogP contribution is -2.38. The second kappa shape index (κ2) is 9.57. The number of hydrogen-bond acceptors (Lipinski definition) is 6. The van der Waals surface area contributed by atoms with Crippen molar-refractivity contribution in [3.05, 3.63) is 63.7 Å². The van der Waals surface area contributed by atoms with Crippen molar-refractivity contribution in [3.63, 3.8) is 0 Å². The topological polar surface area (TPSA) is 66.2 Å². The quantitative estimate of drug-likeness (QED) is 0.834. The van der Waals surface area contributed by atoms with Crippen LogP contribution in [0.2, 0.25) is 0 Å². The van der Waals surface area contributed by atoms with E-state index in [4.69, 9.17) is 9.15 Å². The maximum Gasteiger partial charge on any atom is 0.343 e. The number of rotatable bonds is 5. The summed E-state index contributed by atoms with van der Waals surface area (Å²) in [6, 6.07) is 10.1. The largest absolute Gasteiger partial charge is 0.507 e. The first-order valence-corrected chi connectivity index (χ1v) is 10.6. The van der Waals surface area contributed by atoms with Crippen molar-refractivity contribution in [2.45, 2.75) is 44.9 Å². The maximum atomic E-state index is 12.4. The highest BCUT2D eigenvalue weighted by Crippen LogP contribution is 2.27. The van der Waals surface area contributed by atoms with E-state index in [0.717, 1.165) is 25.2 Å². The molecule has 0 unspecified atom stereocenters. The highest BCUT2D eigenvalue weighted by atomic mass is 16.5. The third-order valence-corrected chi connectivity index (χ3v) is 5.94. The number of aromatic hydroxyl groups is 1. The van der Waals surface area contributed by atoms with E-state index < -0.39 is 5.63 Å². The molecule has 0 amide bonds. The molecule has 2 aromatic rings. The SMILES string of the molecule is O=c1occ(CN2CCCCCC2)c(O)c1CN1CCO[C@@H](c2ccccc2)C1. The number of morpholine rings is 1. The molecule has 1 aromatic carbocycles. The van der Waals surface area contributed by atoms with Gasteiger partial charge in [-0.05, 0) is 31.5 Å². The summed E-state index contributed by atoms with van der Waals surface area (Å²) in [5.74, 6) is 0.0910. The smallest absolute Gasteiger partial charge is 0.343 e. The molecule has 1 aromatic heterocycles. The molecule has 2 fully saturated rings. The molecule has 6 nitrogen and oxygen atoms in total. The minimum Gasteiger partial charge on any atom is -0.507 e. The lowest BCUT2D eigenvalue weighted by atomic mass is 10.1. The Morgan fingerprint density at radius 2 is 1.72 bits per heavy atom. The predicted molar refractivity (Wildman–Crippen MR) is 111 cm³/mol. The van der Waals surface area contributed by atoms with Crippen LogP contribution in [0.3, 0.4) is 0 Å². The van der Waals surface area contributed by atoms with Crippen molar-refractivity contribution in [1.82, 2.24) is 9.80 Å². The van der Waals surface area contributed by atoms with E-state index in [2.05, 4.69) is 21.9 Å². The van der Waals surface area contributed by atoms with Crippen LogP contribution in [-0.4, -0.2) is 47.7 Å². The van der Waals surface area contributed by atoms with Crippen LogP contribution >= 0.6 is 0 Å². The molecular weight excluding hydrogens is 368 g/mol. The summed E-state index contributed by atoms with van der Waals surface area (Å²) in [5, 5.41) is 10.8. The number of likely N-dealkylation sites (tertiary alicyclic amines) is 1. The van der Waals surface area contributed by atoms with Gasteiger partial charge in [-0.1, -0.05) is 43.2 Å². The first-order chi connectivity index (χ1) is 14.2. The van der Waals surface area contributed by atoms with Crippen molar-refractivity contribution in [3.8, 4) is 5.75 Å². The van der Waals surface area contributed by atoms with E-state index in [0.29, 0.717) is 37.4 Å². The van der Waals surface area contributed by atoms with Crippen LogP contribution in [0.25, 0.3) is 0 Å². The third kappa shape index (κ3) is 5.07. The van der Waals surface area contributed by atoms with Crippen molar-refractivity contribution in [1.29, 1.82) is 0 Å². The molecule has 6 heteroatoms. The van der Waals surface area contributed by atoms with Crippen molar-refractivity contribution in [2.75, 3.05) is 32.8 Å². The average molecular weight is 399 g/mol. The van der Waals surface area contributed by atoms with Gasteiger partial charge >= 0.3 is 5.63 Å². The van der Waals surface area contributed by atoms with Crippen molar-refractivity contribution in [2.24, 2.45) is 0 Å². The fraction of sp³-hybridized carbons (Fsp3) is 0.522. The van der Waals surface area contributed by atoms with E-state index in [-0.39, 0.29) is 11.9 Å². The van der Waals surface area contributed by atoms with Gasteiger partial charge in [0, 0.05) is 31.7 Å². The number of nitrogens with zero attached hydrogens (tertiary/aromatic N) is 2. The Bertz CT molecular complexity index is 844. The number of ether oxygens (including phenoxy) is 1. The van der Waals surface area contributed by atoms with Crippen LogP contribution in [0.5, 0.6) is 5.75 Å². The Hall–Kier alpha value is -2.15. The summed E-state index contributed by atoms with van der Waals surface area (Å²) < 4.78 is 11.2. The van der Waals surface area contributed by atoms with Crippen LogP contribution in [-0.2, 0) is 17.8 Å². The lowest BCUT2D eigenvalue weighted by molar-refractivity contribution is -0.0334. The van der Waals surface area contributed by atoms with E-state index in [1.54, 1.807) is 0 Å². The Balaban J connectivity index is 1.47. The van der Waals surface area contributed by atoms with Gasteiger partial charge in [-0.25, -0.2) is 4.79 Å². The Labute approximate surface area is 171 Å². The highest BCUT2D eigenvalue weighted by Gasteiger charge is 2.25. The van der Waals surface area contributed by atoms with Gasteiger partial charge < -0.3 is 14.3 Å². The second-order valence-electron chi connectivity index (χ2n) is 8.07. The molecule has 1 atom stereocenters. The zero-order valence-electron chi connectivity index (χ0n) is 16.9. The minimum absolute atomic E-state index is 0.0283. The monoisotopic (exact) mass is 398 g/mol. The van der Waals surface area contributed by atoms with Gasteiger partial charge in [0.15, 0.2) is 0 Å². The molecule has 2 saturated heterocycles. The molecule has 156 valence electrons. The molecule has 4 rings (SSSR count). The lowest BCUT2D eigenvalue weighted by Gasteiger charge is -2.33. The van der Waals surface area contributed by atoms with Crippen LogP contribution < -0.4 is 5.63 Å². The van der Waals surface area contributed by atoms with Crippen LogP contribution in [0.15, 0.2) is 45.8 Å². The summed E-state index contributed by atoms with van der Waals surface area (Å²) in [4.78, 5) is 16.9. The summed E-state index contributed by atoms with van der Waals surface area (Å²) in [6.07, 6.45) is 6.28. The van der Waals surface area contributed by atoms with Gasteiger partial charge in [0.05, 0.1) is 18.3 Å². The Morgan fingerprint density at radius 3 is 2.48 bits per heavy atom. The van der Waals surface area contributed by atoms with Gasteiger partial charge in [0.2, 0.25) is 0 Å².